The second-order valence-corrected chi connectivity index (χ2v) is 3.88. The molecule has 0 aliphatic carbocycles. The van der Waals surface area contributed by atoms with Gasteiger partial charge < -0.3 is 5.73 Å². The summed E-state index contributed by atoms with van der Waals surface area (Å²) in [6.45, 7) is 0. The maximum Gasteiger partial charge on any atom is 0.416 e. The average Bonchev–Trinajstić information content (AvgIpc) is 2.24. The molecule has 0 bridgehead atoms. The van der Waals surface area contributed by atoms with E-state index in [1.807, 2.05) is 0 Å². The van der Waals surface area contributed by atoms with Gasteiger partial charge in [0.2, 0.25) is 0 Å². The van der Waals surface area contributed by atoms with Gasteiger partial charge in [0.15, 0.2) is 0 Å². The van der Waals surface area contributed by atoms with Crippen LogP contribution in [0, 0.1) is 0 Å². The molecule has 8 heteroatoms. The molecule has 1 aromatic carbocycles. The molecular formula is C11H12ClF6N. The average molecular weight is 308 g/mol. The molecule has 1 aromatic rings. The number of benzene rings is 1. The van der Waals surface area contributed by atoms with Crippen LogP contribution in [-0.2, 0) is 6.18 Å². The van der Waals surface area contributed by atoms with E-state index in [1.54, 1.807) is 0 Å². The Labute approximate surface area is 112 Å². The lowest BCUT2D eigenvalue weighted by Crippen LogP contribution is -2.16. The van der Waals surface area contributed by atoms with E-state index in [0.29, 0.717) is 0 Å². The van der Waals surface area contributed by atoms with Crippen LogP contribution in [0.5, 0.6) is 0 Å². The fourth-order valence-electron chi connectivity index (χ4n) is 1.41. The van der Waals surface area contributed by atoms with Crippen LogP contribution in [-0.4, -0.2) is 6.18 Å². The number of hydrogen-bond donors (Lipinski definition) is 1. The lowest BCUT2D eigenvalue weighted by Gasteiger charge is -2.14. The standard InChI is InChI=1S/C11H11F6N.ClH/c12-10(13,14)6-5-9(18)7-1-3-8(4-2-7)11(15,16)17;/h1-4,9H,5-6,18H2;1H/t9-;/m1./s1. The molecular weight excluding hydrogens is 296 g/mol. The predicted octanol–water partition coefficient (Wildman–Crippen LogP) is 4.47. The maximum absolute atomic E-state index is 12.2. The van der Waals surface area contributed by atoms with Gasteiger partial charge in [0.1, 0.15) is 0 Å². The van der Waals surface area contributed by atoms with E-state index in [0.717, 1.165) is 24.3 Å². The van der Waals surface area contributed by atoms with E-state index < -0.39 is 30.4 Å². The number of hydrogen-bond acceptors (Lipinski definition) is 1. The van der Waals surface area contributed by atoms with Gasteiger partial charge in [-0.25, -0.2) is 0 Å². The van der Waals surface area contributed by atoms with Crippen molar-refractivity contribution >= 4 is 12.4 Å². The monoisotopic (exact) mass is 307 g/mol. The number of nitrogens with two attached hydrogens (primary N) is 1. The van der Waals surface area contributed by atoms with Crippen molar-refractivity contribution in [3.8, 4) is 0 Å². The summed E-state index contributed by atoms with van der Waals surface area (Å²) < 4.78 is 72.6. The topological polar surface area (TPSA) is 26.0 Å². The summed E-state index contributed by atoms with van der Waals surface area (Å²) in [5.41, 5.74) is 4.88. The van der Waals surface area contributed by atoms with Gasteiger partial charge in [0.05, 0.1) is 5.56 Å². The second kappa shape index (κ2) is 6.47. The van der Waals surface area contributed by atoms with E-state index in [9.17, 15) is 26.3 Å². The van der Waals surface area contributed by atoms with E-state index in [-0.39, 0.29) is 24.4 Å². The van der Waals surface area contributed by atoms with Crippen molar-refractivity contribution in [1.82, 2.24) is 0 Å². The van der Waals surface area contributed by atoms with Crippen LogP contribution in [0.4, 0.5) is 26.3 Å². The maximum atomic E-state index is 12.2. The second-order valence-electron chi connectivity index (χ2n) is 3.88. The molecule has 0 radical (unpaired) electrons. The van der Waals surface area contributed by atoms with Gasteiger partial charge in [0, 0.05) is 12.5 Å². The van der Waals surface area contributed by atoms with Gasteiger partial charge in [-0.1, -0.05) is 12.1 Å². The quantitative estimate of drug-likeness (QED) is 0.819. The lowest BCUT2D eigenvalue weighted by atomic mass is 10.0. The zero-order chi connectivity index (χ0) is 14.0. The van der Waals surface area contributed by atoms with Crippen LogP contribution in [0.2, 0.25) is 0 Å². The highest BCUT2D eigenvalue weighted by molar-refractivity contribution is 5.85. The first-order chi connectivity index (χ1) is 8.09. The molecule has 1 rings (SSSR count). The van der Waals surface area contributed by atoms with Crippen LogP contribution < -0.4 is 5.73 Å². The van der Waals surface area contributed by atoms with Gasteiger partial charge >= 0.3 is 12.4 Å². The van der Waals surface area contributed by atoms with Crippen LogP contribution in [0.15, 0.2) is 24.3 Å². The first kappa shape index (κ1) is 18.0. The summed E-state index contributed by atoms with van der Waals surface area (Å²) in [5.74, 6) is 0. The molecule has 0 fully saturated rings. The third kappa shape index (κ3) is 6.15. The van der Waals surface area contributed by atoms with Crippen LogP contribution in [0.3, 0.4) is 0 Å². The summed E-state index contributed by atoms with van der Waals surface area (Å²) in [7, 11) is 0. The Kier molecular flexibility index (Phi) is 6.15. The highest BCUT2D eigenvalue weighted by atomic mass is 35.5. The predicted molar refractivity (Wildman–Crippen MR) is 60.9 cm³/mol. The lowest BCUT2D eigenvalue weighted by molar-refractivity contribution is -0.137. The summed E-state index contributed by atoms with van der Waals surface area (Å²) in [6, 6.07) is 2.90. The van der Waals surface area contributed by atoms with Crippen molar-refractivity contribution in [3.05, 3.63) is 35.4 Å². The molecule has 0 aromatic heterocycles. The molecule has 0 saturated carbocycles. The molecule has 19 heavy (non-hydrogen) atoms. The molecule has 0 unspecified atom stereocenters. The minimum atomic E-state index is -4.46. The number of alkyl halides is 6. The van der Waals surface area contributed by atoms with Crippen LogP contribution in [0.25, 0.3) is 0 Å². The Morgan fingerprint density at radius 3 is 1.79 bits per heavy atom. The minimum absolute atomic E-state index is 0. The van der Waals surface area contributed by atoms with Gasteiger partial charge in [0.25, 0.3) is 0 Å². The summed E-state index contributed by atoms with van der Waals surface area (Å²) in [4.78, 5) is 0. The Hall–Kier alpha value is -0.950. The Morgan fingerprint density at radius 1 is 0.947 bits per heavy atom. The zero-order valence-electron chi connectivity index (χ0n) is 9.55. The van der Waals surface area contributed by atoms with E-state index in [4.69, 9.17) is 5.73 Å². The molecule has 0 amide bonds. The van der Waals surface area contributed by atoms with Crippen LogP contribution in [0.1, 0.15) is 30.0 Å². The molecule has 1 nitrogen and oxygen atoms in total. The Morgan fingerprint density at radius 2 is 1.42 bits per heavy atom. The number of halogens is 7. The number of rotatable bonds is 3. The highest BCUT2D eigenvalue weighted by Crippen LogP contribution is 2.31. The first-order valence-electron chi connectivity index (χ1n) is 5.09. The van der Waals surface area contributed by atoms with Gasteiger partial charge in [-0.15, -0.1) is 12.4 Å². The third-order valence-corrected chi connectivity index (χ3v) is 2.40. The smallest absolute Gasteiger partial charge is 0.324 e. The largest absolute Gasteiger partial charge is 0.416 e. The molecule has 1 atom stereocenters. The van der Waals surface area contributed by atoms with E-state index in [2.05, 4.69) is 0 Å². The first-order valence-corrected chi connectivity index (χ1v) is 5.09. The van der Waals surface area contributed by atoms with Crippen molar-refractivity contribution < 1.29 is 26.3 Å². The minimum Gasteiger partial charge on any atom is -0.324 e. The molecule has 0 aliphatic rings. The van der Waals surface area contributed by atoms with Crippen molar-refractivity contribution in [2.75, 3.05) is 0 Å². The Bertz CT molecular complexity index is 384. The molecule has 110 valence electrons. The van der Waals surface area contributed by atoms with Crippen LogP contribution >= 0.6 is 12.4 Å². The zero-order valence-corrected chi connectivity index (χ0v) is 10.4. The fraction of sp³-hybridized carbons (Fsp3) is 0.455. The molecule has 0 aliphatic heterocycles. The molecule has 0 saturated heterocycles. The van der Waals surface area contributed by atoms with Gasteiger partial charge in [-0.05, 0) is 24.1 Å². The third-order valence-electron chi connectivity index (χ3n) is 2.40. The summed E-state index contributed by atoms with van der Waals surface area (Å²) >= 11 is 0. The Balaban J connectivity index is 0.00000324. The van der Waals surface area contributed by atoms with E-state index >= 15 is 0 Å². The van der Waals surface area contributed by atoms with E-state index in [1.165, 1.54) is 0 Å². The van der Waals surface area contributed by atoms with Crippen molar-refractivity contribution in [2.24, 2.45) is 5.73 Å². The van der Waals surface area contributed by atoms with Crippen molar-refractivity contribution in [1.29, 1.82) is 0 Å². The van der Waals surface area contributed by atoms with Gasteiger partial charge in [-0.2, -0.15) is 26.3 Å². The summed E-state index contributed by atoms with van der Waals surface area (Å²) in [6.07, 6.45) is -10.2. The highest BCUT2D eigenvalue weighted by Gasteiger charge is 2.31. The SMILES string of the molecule is Cl.N[C@H](CCC(F)(F)F)c1ccc(C(F)(F)F)cc1. The molecule has 0 heterocycles. The van der Waals surface area contributed by atoms with Gasteiger partial charge in [-0.3, -0.25) is 0 Å². The van der Waals surface area contributed by atoms with Crippen molar-refractivity contribution in [3.63, 3.8) is 0 Å². The molecule has 0 spiro atoms. The summed E-state index contributed by atoms with van der Waals surface area (Å²) in [5, 5.41) is 0. The van der Waals surface area contributed by atoms with Crippen molar-refractivity contribution in [2.45, 2.75) is 31.2 Å². The fourth-order valence-corrected chi connectivity index (χ4v) is 1.41. The molecule has 2 N–H and O–H groups in total. The normalized spacial score (nSPS) is 13.8.